The third-order valence-corrected chi connectivity index (χ3v) is 3.64. The van der Waals surface area contributed by atoms with Crippen molar-refractivity contribution in [1.29, 1.82) is 0 Å². The fraction of sp³-hybridized carbons (Fsp3) is 0.400. The second-order valence-electron chi connectivity index (χ2n) is 4.71. The van der Waals surface area contributed by atoms with E-state index in [0.29, 0.717) is 13.0 Å². The van der Waals surface area contributed by atoms with Gasteiger partial charge in [-0.15, -0.1) is 0 Å². The topological polar surface area (TPSA) is 48.0 Å². The van der Waals surface area contributed by atoms with Gasteiger partial charge in [0, 0.05) is 18.0 Å². The smallest absolute Gasteiger partial charge is 0.254 e. The third-order valence-electron chi connectivity index (χ3n) is 3.64. The summed E-state index contributed by atoms with van der Waals surface area (Å²) in [5.41, 5.74) is 9.89. The van der Waals surface area contributed by atoms with Crippen LogP contribution in [0.5, 0.6) is 0 Å². The molecule has 0 unspecified atom stereocenters. The number of benzene rings is 1. The molecule has 0 radical (unpaired) electrons. The SMILES string of the molecule is CCc1ccc2c(c1)c(C)c(CCN)c(=O)n2C. The van der Waals surface area contributed by atoms with Crippen molar-refractivity contribution in [2.24, 2.45) is 12.8 Å². The number of rotatable bonds is 3. The molecule has 0 saturated carbocycles. The van der Waals surface area contributed by atoms with Crippen LogP contribution in [0.4, 0.5) is 0 Å². The maximum absolute atomic E-state index is 12.3. The minimum Gasteiger partial charge on any atom is -0.330 e. The van der Waals surface area contributed by atoms with E-state index >= 15 is 0 Å². The largest absolute Gasteiger partial charge is 0.330 e. The molecule has 0 amide bonds. The number of hydrogen-bond acceptors (Lipinski definition) is 2. The highest BCUT2D eigenvalue weighted by atomic mass is 16.1. The second kappa shape index (κ2) is 4.94. The van der Waals surface area contributed by atoms with Crippen molar-refractivity contribution in [3.05, 3.63) is 45.2 Å². The zero-order valence-corrected chi connectivity index (χ0v) is 11.3. The molecule has 2 rings (SSSR count). The number of aryl methyl sites for hydroxylation is 3. The van der Waals surface area contributed by atoms with Crippen LogP contribution in [0.25, 0.3) is 10.9 Å². The van der Waals surface area contributed by atoms with Crippen molar-refractivity contribution in [3.63, 3.8) is 0 Å². The Bertz CT molecular complexity index is 641. The van der Waals surface area contributed by atoms with Crippen molar-refractivity contribution in [3.8, 4) is 0 Å². The molecule has 2 N–H and O–H groups in total. The number of nitrogens with zero attached hydrogens (tertiary/aromatic N) is 1. The standard InChI is InChI=1S/C15H20N2O/c1-4-11-5-6-14-13(9-11)10(2)12(7-8-16)15(18)17(14)3/h5-6,9H,4,7-8,16H2,1-3H3. The highest BCUT2D eigenvalue weighted by Gasteiger charge is 2.11. The fourth-order valence-electron chi connectivity index (χ4n) is 2.47. The monoisotopic (exact) mass is 244 g/mol. The van der Waals surface area contributed by atoms with Crippen LogP contribution in [0, 0.1) is 6.92 Å². The van der Waals surface area contributed by atoms with E-state index in [0.717, 1.165) is 23.1 Å². The van der Waals surface area contributed by atoms with E-state index in [4.69, 9.17) is 5.73 Å². The molecule has 1 aromatic carbocycles. The zero-order valence-electron chi connectivity index (χ0n) is 11.3. The average Bonchev–Trinajstić information content (AvgIpc) is 2.40. The molecule has 0 spiro atoms. The van der Waals surface area contributed by atoms with Crippen molar-refractivity contribution >= 4 is 10.9 Å². The summed E-state index contributed by atoms with van der Waals surface area (Å²) in [7, 11) is 1.83. The highest BCUT2D eigenvalue weighted by Crippen LogP contribution is 2.21. The molecule has 0 aliphatic carbocycles. The van der Waals surface area contributed by atoms with Crippen LogP contribution in [-0.2, 0) is 19.9 Å². The van der Waals surface area contributed by atoms with Gasteiger partial charge in [0.15, 0.2) is 0 Å². The molecule has 96 valence electrons. The van der Waals surface area contributed by atoms with Crippen LogP contribution < -0.4 is 11.3 Å². The summed E-state index contributed by atoms with van der Waals surface area (Å²) in [6.07, 6.45) is 1.65. The number of fused-ring (bicyclic) bond motifs is 1. The molecule has 0 atom stereocenters. The van der Waals surface area contributed by atoms with E-state index in [1.165, 1.54) is 10.9 Å². The molecule has 0 saturated heterocycles. The maximum Gasteiger partial charge on any atom is 0.254 e. The Morgan fingerprint density at radius 3 is 2.67 bits per heavy atom. The van der Waals surface area contributed by atoms with Gasteiger partial charge >= 0.3 is 0 Å². The lowest BCUT2D eigenvalue weighted by Crippen LogP contribution is -2.25. The molecule has 0 fully saturated rings. The van der Waals surface area contributed by atoms with Gasteiger partial charge in [0.2, 0.25) is 0 Å². The lowest BCUT2D eigenvalue weighted by Gasteiger charge is -2.13. The molecule has 1 heterocycles. The molecule has 1 aromatic heterocycles. The Balaban J connectivity index is 2.85. The zero-order chi connectivity index (χ0) is 13.3. The van der Waals surface area contributed by atoms with Crippen molar-refractivity contribution in [2.75, 3.05) is 6.54 Å². The Kier molecular flexibility index (Phi) is 3.53. The highest BCUT2D eigenvalue weighted by molar-refractivity contribution is 5.84. The predicted octanol–water partition coefficient (Wildman–Crippen LogP) is 1.91. The Labute approximate surface area is 107 Å². The summed E-state index contributed by atoms with van der Waals surface area (Å²) in [4.78, 5) is 12.3. The molecule has 3 heteroatoms. The first-order valence-electron chi connectivity index (χ1n) is 6.41. The summed E-state index contributed by atoms with van der Waals surface area (Å²) in [5, 5.41) is 1.17. The van der Waals surface area contributed by atoms with E-state index in [1.54, 1.807) is 4.57 Å². The van der Waals surface area contributed by atoms with Gasteiger partial charge in [-0.05, 0) is 49.6 Å². The van der Waals surface area contributed by atoms with Crippen LogP contribution in [0.15, 0.2) is 23.0 Å². The Morgan fingerprint density at radius 1 is 1.33 bits per heavy atom. The fourth-order valence-corrected chi connectivity index (χ4v) is 2.47. The number of hydrogen-bond donors (Lipinski definition) is 1. The molecular formula is C15H20N2O. The molecule has 3 nitrogen and oxygen atoms in total. The van der Waals surface area contributed by atoms with Crippen LogP contribution in [0.2, 0.25) is 0 Å². The number of pyridine rings is 1. The molecule has 2 aromatic rings. The molecule has 0 aliphatic rings. The summed E-state index contributed by atoms with van der Waals surface area (Å²) in [6, 6.07) is 6.31. The van der Waals surface area contributed by atoms with Gasteiger partial charge in [0.05, 0.1) is 5.52 Å². The van der Waals surface area contributed by atoms with Crippen molar-refractivity contribution in [2.45, 2.75) is 26.7 Å². The van der Waals surface area contributed by atoms with Gasteiger partial charge in [-0.2, -0.15) is 0 Å². The van der Waals surface area contributed by atoms with Gasteiger partial charge in [-0.1, -0.05) is 13.0 Å². The predicted molar refractivity (Wildman–Crippen MR) is 76.1 cm³/mol. The normalized spacial score (nSPS) is 11.1. The first kappa shape index (κ1) is 12.8. The number of nitrogens with two attached hydrogens (primary N) is 1. The summed E-state index contributed by atoms with van der Waals surface area (Å²) < 4.78 is 1.73. The first-order chi connectivity index (χ1) is 8.60. The maximum atomic E-state index is 12.3. The lowest BCUT2D eigenvalue weighted by molar-refractivity contribution is 0.849. The van der Waals surface area contributed by atoms with Crippen LogP contribution >= 0.6 is 0 Å². The van der Waals surface area contributed by atoms with Gasteiger partial charge in [-0.25, -0.2) is 0 Å². The minimum absolute atomic E-state index is 0.0784. The molecule has 18 heavy (non-hydrogen) atoms. The van der Waals surface area contributed by atoms with Crippen LogP contribution in [0.1, 0.15) is 23.6 Å². The van der Waals surface area contributed by atoms with E-state index in [9.17, 15) is 4.79 Å². The van der Waals surface area contributed by atoms with E-state index in [1.807, 2.05) is 20.0 Å². The molecule has 0 aliphatic heterocycles. The quantitative estimate of drug-likeness (QED) is 0.896. The number of aromatic nitrogens is 1. The Hall–Kier alpha value is -1.61. The van der Waals surface area contributed by atoms with Crippen molar-refractivity contribution < 1.29 is 0 Å². The van der Waals surface area contributed by atoms with Crippen molar-refractivity contribution in [1.82, 2.24) is 4.57 Å². The molecular weight excluding hydrogens is 224 g/mol. The summed E-state index contributed by atoms with van der Waals surface area (Å²) in [5.74, 6) is 0. The molecule has 0 bridgehead atoms. The summed E-state index contributed by atoms with van der Waals surface area (Å²) in [6.45, 7) is 4.67. The minimum atomic E-state index is 0.0784. The third kappa shape index (κ3) is 1.95. The van der Waals surface area contributed by atoms with Crippen LogP contribution in [0.3, 0.4) is 0 Å². The Morgan fingerprint density at radius 2 is 2.06 bits per heavy atom. The van der Waals surface area contributed by atoms with Gasteiger partial charge in [0.25, 0.3) is 5.56 Å². The van der Waals surface area contributed by atoms with E-state index in [-0.39, 0.29) is 5.56 Å². The van der Waals surface area contributed by atoms with Gasteiger partial charge in [0.1, 0.15) is 0 Å². The summed E-state index contributed by atoms with van der Waals surface area (Å²) >= 11 is 0. The van der Waals surface area contributed by atoms with E-state index in [2.05, 4.69) is 19.1 Å². The first-order valence-corrected chi connectivity index (χ1v) is 6.41. The van der Waals surface area contributed by atoms with Crippen LogP contribution in [-0.4, -0.2) is 11.1 Å². The van der Waals surface area contributed by atoms with Gasteiger partial charge < -0.3 is 10.3 Å². The van der Waals surface area contributed by atoms with E-state index < -0.39 is 0 Å². The lowest BCUT2D eigenvalue weighted by atomic mass is 9.99. The average molecular weight is 244 g/mol. The van der Waals surface area contributed by atoms with Gasteiger partial charge in [-0.3, -0.25) is 4.79 Å². The second-order valence-corrected chi connectivity index (χ2v) is 4.71.